The van der Waals surface area contributed by atoms with Crippen molar-refractivity contribution in [1.82, 2.24) is 4.98 Å². The minimum absolute atomic E-state index is 0.201. The van der Waals surface area contributed by atoms with Crippen molar-refractivity contribution in [2.75, 3.05) is 5.32 Å². The number of aryl methyl sites for hydroxylation is 1. The van der Waals surface area contributed by atoms with Gasteiger partial charge in [0.15, 0.2) is 5.13 Å². The van der Waals surface area contributed by atoms with E-state index < -0.39 is 5.97 Å². The van der Waals surface area contributed by atoms with Gasteiger partial charge in [-0.1, -0.05) is 42.9 Å². The summed E-state index contributed by atoms with van der Waals surface area (Å²) in [5.74, 6) is -1.29. The van der Waals surface area contributed by atoms with Crippen LogP contribution in [0.5, 0.6) is 0 Å². The molecule has 110 valence electrons. The Bertz CT molecular complexity index is 638. The number of hydrogen-bond acceptors (Lipinski definition) is 4. The second-order valence-corrected chi connectivity index (χ2v) is 5.52. The van der Waals surface area contributed by atoms with Crippen LogP contribution in [0.2, 0.25) is 0 Å². The third-order valence-corrected chi connectivity index (χ3v) is 3.92. The maximum Gasteiger partial charge on any atom is 0.347 e. The largest absolute Gasteiger partial charge is 0.477 e. The monoisotopic (exact) mass is 304 g/mol. The Morgan fingerprint density at radius 2 is 2.00 bits per heavy atom. The van der Waals surface area contributed by atoms with Crippen molar-refractivity contribution in [1.29, 1.82) is 0 Å². The summed E-state index contributed by atoms with van der Waals surface area (Å²) < 4.78 is 0. The van der Waals surface area contributed by atoms with Crippen molar-refractivity contribution in [3.8, 4) is 0 Å². The molecule has 0 aliphatic heterocycles. The number of amides is 1. The lowest BCUT2D eigenvalue weighted by Gasteiger charge is -2.00. The Labute approximate surface area is 126 Å². The van der Waals surface area contributed by atoms with Crippen LogP contribution >= 0.6 is 11.3 Å². The number of aromatic carboxylic acids is 1. The molecule has 21 heavy (non-hydrogen) atoms. The van der Waals surface area contributed by atoms with Gasteiger partial charge in [0.25, 0.3) is 5.91 Å². The molecule has 2 N–H and O–H groups in total. The molecule has 2 aromatic rings. The lowest BCUT2D eigenvalue weighted by atomic mass is 10.2. The van der Waals surface area contributed by atoms with Gasteiger partial charge in [-0.2, -0.15) is 0 Å². The first-order chi connectivity index (χ1) is 10.1. The quantitative estimate of drug-likeness (QED) is 0.857. The number of unbranched alkanes of at least 4 members (excludes halogenated alkanes) is 1. The van der Waals surface area contributed by atoms with Gasteiger partial charge in [-0.25, -0.2) is 9.78 Å². The van der Waals surface area contributed by atoms with E-state index in [-0.39, 0.29) is 10.8 Å². The standard InChI is InChI=1S/C15H16N2O3S/c1-2-3-9-11-12(14(19)20)21-15(16-11)17-13(18)10-7-5-4-6-8-10/h4-8H,2-3,9H2,1H3,(H,19,20)(H,16,17,18). The first-order valence-electron chi connectivity index (χ1n) is 6.71. The first-order valence-corrected chi connectivity index (χ1v) is 7.53. The van der Waals surface area contributed by atoms with Gasteiger partial charge in [-0.3, -0.25) is 10.1 Å². The van der Waals surface area contributed by atoms with Crippen LogP contribution in [0.25, 0.3) is 0 Å². The normalized spacial score (nSPS) is 10.3. The Kier molecular flexibility index (Phi) is 5.05. The summed E-state index contributed by atoms with van der Waals surface area (Å²) in [6.07, 6.45) is 2.44. The molecule has 0 unspecified atom stereocenters. The number of rotatable bonds is 6. The van der Waals surface area contributed by atoms with E-state index in [0.29, 0.717) is 22.8 Å². The van der Waals surface area contributed by atoms with E-state index in [1.807, 2.05) is 13.0 Å². The summed E-state index contributed by atoms with van der Waals surface area (Å²) in [4.78, 5) is 27.7. The zero-order valence-corrected chi connectivity index (χ0v) is 12.4. The number of nitrogens with one attached hydrogen (secondary N) is 1. The molecule has 0 aliphatic carbocycles. The van der Waals surface area contributed by atoms with Crippen LogP contribution in [0.4, 0.5) is 5.13 Å². The summed E-state index contributed by atoms with van der Waals surface area (Å²) in [5.41, 5.74) is 1.05. The lowest BCUT2D eigenvalue weighted by Crippen LogP contribution is -2.11. The number of thiazole rings is 1. The highest BCUT2D eigenvalue weighted by Crippen LogP contribution is 2.25. The van der Waals surface area contributed by atoms with Gasteiger partial charge >= 0.3 is 5.97 Å². The van der Waals surface area contributed by atoms with Crippen LogP contribution in [0, 0.1) is 0 Å². The zero-order valence-electron chi connectivity index (χ0n) is 11.6. The number of carbonyl (C=O) groups excluding carboxylic acids is 1. The van der Waals surface area contributed by atoms with E-state index in [4.69, 9.17) is 0 Å². The second kappa shape index (κ2) is 6.99. The van der Waals surface area contributed by atoms with Gasteiger partial charge in [-0.15, -0.1) is 0 Å². The third kappa shape index (κ3) is 3.88. The molecule has 0 bridgehead atoms. The molecular weight excluding hydrogens is 288 g/mol. The van der Waals surface area contributed by atoms with Crippen LogP contribution in [0.15, 0.2) is 30.3 Å². The van der Waals surface area contributed by atoms with Crippen LogP contribution in [0.3, 0.4) is 0 Å². The minimum atomic E-state index is -1.00. The summed E-state index contributed by atoms with van der Waals surface area (Å²) in [6.45, 7) is 2.03. The van der Waals surface area contributed by atoms with E-state index in [9.17, 15) is 14.7 Å². The summed E-state index contributed by atoms with van der Waals surface area (Å²) in [5, 5.41) is 12.2. The summed E-state index contributed by atoms with van der Waals surface area (Å²) in [7, 11) is 0. The fourth-order valence-corrected chi connectivity index (χ4v) is 2.69. The molecule has 1 aromatic carbocycles. The molecule has 6 heteroatoms. The number of anilines is 1. The first kappa shape index (κ1) is 15.2. The van der Waals surface area contributed by atoms with Gasteiger partial charge in [0, 0.05) is 5.56 Å². The molecular formula is C15H16N2O3S. The SMILES string of the molecule is CCCCc1nc(NC(=O)c2ccccc2)sc1C(=O)O. The third-order valence-electron chi connectivity index (χ3n) is 2.92. The van der Waals surface area contributed by atoms with Crippen molar-refractivity contribution in [3.05, 3.63) is 46.5 Å². The molecule has 2 rings (SSSR count). The Morgan fingerprint density at radius 1 is 1.29 bits per heavy atom. The molecule has 1 heterocycles. The zero-order chi connectivity index (χ0) is 15.2. The van der Waals surface area contributed by atoms with Crippen LogP contribution < -0.4 is 5.32 Å². The topological polar surface area (TPSA) is 79.3 Å². The summed E-state index contributed by atoms with van der Waals surface area (Å²) >= 11 is 0.998. The molecule has 1 aromatic heterocycles. The summed E-state index contributed by atoms with van der Waals surface area (Å²) in [6, 6.07) is 8.75. The van der Waals surface area contributed by atoms with Crippen LogP contribution in [-0.4, -0.2) is 22.0 Å². The maximum atomic E-state index is 12.0. The predicted octanol–water partition coefficient (Wildman–Crippen LogP) is 3.44. The maximum absolute atomic E-state index is 12.0. The number of carbonyl (C=O) groups is 2. The van der Waals surface area contributed by atoms with E-state index in [1.165, 1.54) is 0 Å². The number of aromatic nitrogens is 1. The van der Waals surface area contributed by atoms with Crippen molar-refractivity contribution in [3.63, 3.8) is 0 Å². The Balaban J connectivity index is 2.17. The molecule has 0 saturated carbocycles. The molecule has 0 atom stereocenters. The number of carboxylic acids is 1. The highest BCUT2D eigenvalue weighted by atomic mass is 32.1. The average Bonchev–Trinajstić information content (AvgIpc) is 2.89. The van der Waals surface area contributed by atoms with Gasteiger partial charge in [-0.05, 0) is 25.0 Å². The lowest BCUT2D eigenvalue weighted by molar-refractivity contribution is 0.0700. The predicted molar refractivity (Wildman–Crippen MR) is 82.1 cm³/mol. The van der Waals surface area contributed by atoms with Crippen molar-refractivity contribution < 1.29 is 14.7 Å². The van der Waals surface area contributed by atoms with Crippen LogP contribution in [0.1, 0.15) is 45.5 Å². The molecule has 0 aliphatic rings. The minimum Gasteiger partial charge on any atom is -0.477 e. The fourth-order valence-electron chi connectivity index (χ4n) is 1.84. The van der Waals surface area contributed by atoms with Gasteiger partial charge in [0.05, 0.1) is 5.69 Å². The molecule has 0 fully saturated rings. The van der Waals surface area contributed by atoms with E-state index in [2.05, 4.69) is 10.3 Å². The molecule has 0 radical (unpaired) electrons. The Hall–Kier alpha value is -2.21. The van der Waals surface area contributed by atoms with Crippen LogP contribution in [-0.2, 0) is 6.42 Å². The number of hydrogen-bond donors (Lipinski definition) is 2. The molecule has 0 saturated heterocycles. The highest BCUT2D eigenvalue weighted by Gasteiger charge is 2.18. The van der Waals surface area contributed by atoms with Gasteiger partial charge in [0.2, 0.25) is 0 Å². The van der Waals surface area contributed by atoms with E-state index in [0.717, 1.165) is 24.2 Å². The van der Waals surface area contributed by atoms with E-state index in [1.54, 1.807) is 24.3 Å². The number of nitrogens with zero attached hydrogens (tertiary/aromatic N) is 1. The van der Waals surface area contributed by atoms with Gasteiger partial charge < -0.3 is 5.11 Å². The van der Waals surface area contributed by atoms with E-state index >= 15 is 0 Å². The Morgan fingerprint density at radius 3 is 2.62 bits per heavy atom. The fraction of sp³-hybridized carbons (Fsp3) is 0.267. The number of carboxylic acid groups (broad SMARTS) is 1. The number of benzene rings is 1. The molecule has 0 spiro atoms. The smallest absolute Gasteiger partial charge is 0.347 e. The van der Waals surface area contributed by atoms with Crippen molar-refractivity contribution in [2.24, 2.45) is 0 Å². The van der Waals surface area contributed by atoms with Gasteiger partial charge in [0.1, 0.15) is 4.88 Å². The highest BCUT2D eigenvalue weighted by molar-refractivity contribution is 7.17. The molecule has 1 amide bonds. The van der Waals surface area contributed by atoms with Crippen molar-refractivity contribution in [2.45, 2.75) is 26.2 Å². The molecule has 5 nitrogen and oxygen atoms in total. The van der Waals surface area contributed by atoms with Crippen molar-refractivity contribution >= 4 is 28.3 Å². The average molecular weight is 304 g/mol. The second-order valence-electron chi connectivity index (χ2n) is 4.52.